The lowest BCUT2D eigenvalue weighted by Gasteiger charge is -2.15. The van der Waals surface area contributed by atoms with E-state index in [-0.39, 0.29) is 5.01 Å². The fourth-order valence-corrected chi connectivity index (χ4v) is 1.85. The van der Waals surface area contributed by atoms with Crippen LogP contribution in [-0.4, -0.2) is 23.1 Å². The molecule has 8 heteroatoms. The molecule has 1 aromatic rings. The average Bonchev–Trinajstić information content (AvgIpc) is 2.50. The molecule has 0 saturated heterocycles. The number of aromatic nitrogens is 1. The number of amides is 1. The van der Waals surface area contributed by atoms with Crippen molar-refractivity contribution in [3.05, 3.63) is 15.0 Å². The Morgan fingerprint density at radius 1 is 1.67 bits per heavy atom. The molecule has 1 N–H and O–H groups in total. The highest BCUT2D eigenvalue weighted by atomic mass is 79.9. The topological polar surface area (TPSA) is 42.0 Å². The van der Waals surface area contributed by atoms with Crippen LogP contribution in [0, 0.1) is 0 Å². The Morgan fingerprint density at radius 2 is 2.27 bits per heavy atom. The SMILES string of the molecule is C[C@@H](NC(=O)c1nc(Br)cs1)C(F)(F)F. The minimum atomic E-state index is -4.44. The summed E-state index contributed by atoms with van der Waals surface area (Å²) in [6.45, 7) is 0.876. The van der Waals surface area contributed by atoms with Crippen LogP contribution in [0.5, 0.6) is 0 Å². The van der Waals surface area contributed by atoms with E-state index in [4.69, 9.17) is 0 Å². The van der Waals surface area contributed by atoms with Gasteiger partial charge in [-0.3, -0.25) is 4.79 Å². The Kier molecular flexibility index (Phi) is 3.72. The maximum absolute atomic E-state index is 12.1. The predicted octanol–water partition coefficient (Wildman–Crippen LogP) is 2.59. The van der Waals surface area contributed by atoms with E-state index in [1.54, 1.807) is 0 Å². The summed E-state index contributed by atoms with van der Waals surface area (Å²) in [7, 11) is 0. The third kappa shape index (κ3) is 3.45. The van der Waals surface area contributed by atoms with Gasteiger partial charge in [-0.25, -0.2) is 4.98 Å². The summed E-state index contributed by atoms with van der Waals surface area (Å²) in [5, 5.41) is 3.33. The monoisotopic (exact) mass is 302 g/mol. The van der Waals surface area contributed by atoms with Gasteiger partial charge in [-0.05, 0) is 22.9 Å². The molecule has 1 atom stereocenters. The molecular formula is C7H6BrF3N2OS. The Bertz CT molecular complexity index is 365. The molecule has 1 aromatic heterocycles. The zero-order valence-electron chi connectivity index (χ0n) is 7.43. The summed E-state index contributed by atoms with van der Waals surface area (Å²) in [6.07, 6.45) is -4.44. The summed E-state index contributed by atoms with van der Waals surface area (Å²) in [4.78, 5) is 14.9. The van der Waals surface area contributed by atoms with E-state index in [0.29, 0.717) is 4.60 Å². The first-order chi connectivity index (χ1) is 6.80. The number of alkyl halides is 3. The lowest BCUT2D eigenvalue weighted by molar-refractivity contribution is -0.149. The van der Waals surface area contributed by atoms with Crippen molar-refractivity contribution in [2.45, 2.75) is 19.1 Å². The van der Waals surface area contributed by atoms with Crippen molar-refractivity contribution in [3.63, 3.8) is 0 Å². The fraction of sp³-hybridized carbons (Fsp3) is 0.429. The molecule has 15 heavy (non-hydrogen) atoms. The number of hydrogen-bond donors (Lipinski definition) is 1. The van der Waals surface area contributed by atoms with Crippen molar-refractivity contribution in [1.29, 1.82) is 0 Å². The number of carbonyl (C=O) groups is 1. The van der Waals surface area contributed by atoms with Gasteiger partial charge in [0.25, 0.3) is 5.91 Å². The van der Waals surface area contributed by atoms with Gasteiger partial charge in [0.1, 0.15) is 10.6 Å². The second-order valence-electron chi connectivity index (χ2n) is 2.71. The zero-order chi connectivity index (χ0) is 11.6. The van der Waals surface area contributed by atoms with Crippen LogP contribution >= 0.6 is 27.3 Å². The molecule has 0 fully saturated rings. The fourth-order valence-electron chi connectivity index (χ4n) is 0.699. The van der Waals surface area contributed by atoms with Crippen LogP contribution in [0.1, 0.15) is 16.7 Å². The van der Waals surface area contributed by atoms with Gasteiger partial charge in [0, 0.05) is 5.38 Å². The maximum Gasteiger partial charge on any atom is 0.408 e. The van der Waals surface area contributed by atoms with Crippen molar-refractivity contribution >= 4 is 33.2 Å². The first-order valence-electron chi connectivity index (χ1n) is 3.79. The smallest absolute Gasteiger partial charge is 0.338 e. The molecular weight excluding hydrogens is 297 g/mol. The third-order valence-electron chi connectivity index (χ3n) is 1.51. The molecule has 0 spiro atoms. The van der Waals surface area contributed by atoms with Gasteiger partial charge < -0.3 is 5.32 Å². The normalized spacial score (nSPS) is 13.7. The van der Waals surface area contributed by atoms with Crippen LogP contribution in [0.2, 0.25) is 0 Å². The van der Waals surface area contributed by atoms with Gasteiger partial charge in [-0.1, -0.05) is 0 Å². The molecule has 0 aliphatic rings. The Morgan fingerprint density at radius 3 is 2.67 bits per heavy atom. The summed E-state index contributed by atoms with van der Waals surface area (Å²) < 4.78 is 36.7. The maximum atomic E-state index is 12.1. The molecule has 1 rings (SSSR count). The number of hydrogen-bond acceptors (Lipinski definition) is 3. The van der Waals surface area contributed by atoms with Crippen molar-refractivity contribution in [2.24, 2.45) is 0 Å². The summed E-state index contributed by atoms with van der Waals surface area (Å²) in [5.74, 6) is -0.824. The average molecular weight is 303 g/mol. The highest BCUT2D eigenvalue weighted by Gasteiger charge is 2.37. The molecule has 1 heterocycles. The highest BCUT2D eigenvalue weighted by molar-refractivity contribution is 9.10. The number of nitrogens with zero attached hydrogens (tertiary/aromatic N) is 1. The van der Waals surface area contributed by atoms with Crippen LogP contribution in [0.4, 0.5) is 13.2 Å². The summed E-state index contributed by atoms with van der Waals surface area (Å²) in [6, 6.07) is -1.88. The van der Waals surface area contributed by atoms with E-state index in [1.807, 2.05) is 5.32 Å². The molecule has 0 unspecified atom stereocenters. The zero-order valence-corrected chi connectivity index (χ0v) is 9.83. The second kappa shape index (κ2) is 4.48. The third-order valence-corrected chi connectivity index (χ3v) is 3.06. The number of thiazole rings is 1. The van der Waals surface area contributed by atoms with Crippen molar-refractivity contribution < 1.29 is 18.0 Å². The molecule has 84 valence electrons. The second-order valence-corrected chi connectivity index (χ2v) is 4.38. The summed E-state index contributed by atoms with van der Waals surface area (Å²) in [5.41, 5.74) is 0. The molecule has 3 nitrogen and oxygen atoms in total. The predicted molar refractivity (Wildman–Crippen MR) is 52.8 cm³/mol. The van der Waals surface area contributed by atoms with E-state index in [2.05, 4.69) is 20.9 Å². The number of rotatable bonds is 2. The molecule has 0 aromatic carbocycles. The minimum absolute atomic E-state index is 0.00188. The lowest BCUT2D eigenvalue weighted by atomic mass is 10.3. The first-order valence-corrected chi connectivity index (χ1v) is 5.46. The Balaban J connectivity index is 2.64. The molecule has 0 bridgehead atoms. The summed E-state index contributed by atoms with van der Waals surface area (Å²) >= 11 is 3.98. The molecule has 0 aliphatic carbocycles. The van der Waals surface area contributed by atoms with E-state index in [1.165, 1.54) is 5.38 Å². The molecule has 1 amide bonds. The van der Waals surface area contributed by atoms with E-state index in [9.17, 15) is 18.0 Å². The molecule has 0 radical (unpaired) electrons. The van der Waals surface area contributed by atoms with Crippen molar-refractivity contribution in [2.75, 3.05) is 0 Å². The minimum Gasteiger partial charge on any atom is -0.338 e. The van der Waals surface area contributed by atoms with Crippen molar-refractivity contribution in [3.8, 4) is 0 Å². The highest BCUT2D eigenvalue weighted by Crippen LogP contribution is 2.20. The van der Waals surface area contributed by atoms with Crippen LogP contribution in [0.25, 0.3) is 0 Å². The number of halogens is 4. The molecule has 0 saturated carbocycles. The lowest BCUT2D eigenvalue weighted by Crippen LogP contribution is -2.43. The Hall–Kier alpha value is -0.630. The van der Waals surface area contributed by atoms with Gasteiger partial charge in [-0.2, -0.15) is 13.2 Å². The van der Waals surface area contributed by atoms with Gasteiger partial charge in [0.2, 0.25) is 0 Å². The first kappa shape index (κ1) is 12.4. The van der Waals surface area contributed by atoms with E-state index < -0.39 is 18.1 Å². The quantitative estimate of drug-likeness (QED) is 0.912. The number of carbonyl (C=O) groups excluding carboxylic acids is 1. The number of nitrogens with one attached hydrogen (secondary N) is 1. The molecule has 0 aliphatic heterocycles. The Labute approximate surface area is 95.8 Å². The van der Waals surface area contributed by atoms with E-state index >= 15 is 0 Å². The standard InChI is InChI=1S/C7H6BrF3N2OS/c1-3(7(9,10)11)12-5(14)6-13-4(8)2-15-6/h2-3H,1H3,(H,12,14)/t3-/m1/s1. The van der Waals surface area contributed by atoms with Crippen LogP contribution < -0.4 is 5.32 Å². The van der Waals surface area contributed by atoms with Crippen molar-refractivity contribution in [1.82, 2.24) is 10.3 Å². The van der Waals surface area contributed by atoms with Crippen LogP contribution in [0.15, 0.2) is 9.98 Å². The van der Waals surface area contributed by atoms with Gasteiger partial charge >= 0.3 is 6.18 Å². The van der Waals surface area contributed by atoms with Crippen LogP contribution in [-0.2, 0) is 0 Å². The van der Waals surface area contributed by atoms with Gasteiger partial charge in [0.05, 0.1) is 0 Å². The van der Waals surface area contributed by atoms with Crippen LogP contribution in [0.3, 0.4) is 0 Å². The van der Waals surface area contributed by atoms with Gasteiger partial charge in [0.15, 0.2) is 5.01 Å². The largest absolute Gasteiger partial charge is 0.408 e. The van der Waals surface area contributed by atoms with Gasteiger partial charge in [-0.15, -0.1) is 11.3 Å². The van der Waals surface area contributed by atoms with E-state index in [0.717, 1.165) is 18.3 Å².